The molecule has 0 heterocycles. The normalized spacial score (nSPS) is 8.48. The summed E-state index contributed by atoms with van der Waals surface area (Å²) in [6, 6.07) is 0. The summed E-state index contributed by atoms with van der Waals surface area (Å²) >= 11 is 18.3. The molecule has 0 spiro atoms. The zero-order valence-corrected chi connectivity index (χ0v) is 24.2. The van der Waals surface area contributed by atoms with E-state index in [1.165, 1.54) is 11.8 Å². The Kier molecular flexibility index (Phi) is 39.2. The quantitative estimate of drug-likeness (QED) is 0.118. The monoisotopic (exact) mass is 498 g/mol. The molecular formula is C8H12K2N4O6S5. The van der Waals surface area contributed by atoms with Crippen LogP contribution in [0.2, 0.25) is 0 Å². The van der Waals surface area contributed by atoms with E-state index in [1.807, 2.05) is 0 Å². The van der Waals surface area contributed by atoms with E-state index in [9.17, 15) is 30.3 Å². The van der Waals surface area contributed by atoms with Crippen molar-refractivity contribution < 1.29 is 118 Å². The number of hydrogen-bond donors (Lipinski definition) is 1. The van der Waals surface area contributed by atoms with Gasteiger partial charge >= 0.3 is 103 Å². The third-order valence-corrected chi connectivity index (χ3v) is 2.47. The van der Waals surface area contributed by atoms with Gasteiger partial charge in [0.2, 0.25) is 13.1 Å². The summed E-state index contributed by atoms with van der Waals surface area (Å²) in [6.07, 6.45) is 2.70. The Morgan fingerprint density at radius 3 is 1.40 bits per heavy atom. The summed E-state index contributed by atoms with van der Waals surface area (Å²) < 4.78 is 0.00926. The molecule has 0 rings (SSSR count). The Morgan fingerprint density at radius 1 is 1.04 bits per heavy atom. The van der Waals surface area contributed by atoms with Gasteiger partial charge in [0.15, 0.2) is 0 Å². The first-order chi connectivity index (χ1) is 10.5. The van der Waals surface area contributed by atoms with Crippen LogP contribution in [-0.4, -0.2) is 49.6 Å². The summed E-state index contributed by atoms with van der Waals surface area (Å²) in [4.78, 5) is 27.1. The van der Waals surface area contributed by atoms with Crippen molar-refractivity contribution in [2.75, 3.05) is 26.4 Å². The molecule has 0 saturated heterocycles. The van der Waals surface area contributed by atoms with E-state index >= 15 is 0 Å². The molecule has 132 valence electrons. The Balaban J connectivity index is -0.0000000778. The molecule has 0 aliphatic carbocycles. The number of thioether (sulfide) groups is 1. The Hall–Kier alpha value is 1.98. The summed E-state index contributed by atoms with van der Waals surface area (Å²) in [5, 5.41) is 31.9. The fraction of sp³-hybridized carbons (Fsp3) is 0.500. The van der Waals surface area contributed by atoms with Crippen molar-refractivity contribution in [1.82, 2.24) is 5.32 Å². The molecule has 0 fully saturated rings. The SMILES string of the molecule is CNC(=C[N+](=O)[O-])SC.O=[N+]([O-])CC(=S)[S-].O=[N+]([O-])CC(=S)[S-].[K+].[K+]. The van der Waals surface area contributed by atoms with Crippen LogP contribution in [0.5, 0.6) is 0 Å². The van der Waals surface area contributed by atoms with Gasteiger partial charge in [0.25, 0.3) is 6.20 Å². The summed E-state index contributed by atoms with van der Waals surface area (Å²) in [5.74, 6) is 0. The van der Waals surface area contributed by atoms with Crippen molar-refractivity contribution in [3.8, 4) is 0 Å². The molecule has 0 aliphatic heterocycles. The van der Waals surface area contributed by atoms with Gasteiger partial charge in [-0.15, -0.1) is 11.8 Å². The minimum absolute atomic E-state index is 0. The minimum Gasteiger partial charge on any atom is -0.427 e. The van der Waals surface area contributed by atoms with Crippen LogP contribution < -0.4 is 108 Å². The maximum absolute atomic E-state index is 9.80. The average Bonchev–Trinajstić information content (AvgIpc) is 2.33. The van der Waals surface area contributed by atoms with E-state index < -0.39 is 14.8 Å². The first-order valence-corrected chi connectivity index (χ1v) is 8.02. The molecule has 0 aromatic carbocycles. The summed E-state index contributed by atoms with van der Waals surface area (Å²) in [5.41, 5.74) is 0. The predicted molar refractivity (Wildman–Crippen MR) is 101 cm³/mol. The fourth-order valence-electron chi connectivity index (χ4n) is 0.526. The Morgan fingerprint density at radius 2 is 1.36 bits per heavy atom. The van der Waals surface area contributed by atoms with Crippen molar-refractivity contribution in [2.24, 2.45) is 0 Å². The number of nitrogens with zero attached hydrogens (tertiary/aromatic N) is 3. The van der Waals surface area contributed by atoms with Crippen molar-refractivity contribution in [3.05, 3.63) is 41.6 Å². The third kappa shape index (κ3) is 46.2. The first-order valence-electron chi connectivity index (χ1n) is 5.16. The van der Waals surface area contributed by atoms with Gasteiger partial charge in [-0.05, 0) is 6.26 Å². The summed E-state index contributed by atoms with van der Waals surface area (Å²) in [6.45, 7) is -0.741. The molecule has 1 N–H and O–H groups in total. The second-order valence-electron chi connectivity index (χ2n) is 2.96. The van der Waals surface area contributed by atoms with Crippen molar-refractivity contribution in [3.63, 3.8) is 0 Å². The van der Waals surface area contributed by atoms with Crippen molar-refractivity contribution in [2.45, 2.75) is 0 Å². The largest absolute Gasteiger partial charge is 1.00 e. The molecule has 0 aromatic rings. The first kappa shape index (κ1) is 37.7. The van der Waals surface area contributed by atoms with Gasteiger partial charge in [0.05, 0.1) is 4.92 Å². The van der Waals surface area contributed by atoms with Gasteiger partial charge in [0, 0.05) is 16.9 Å². The molecular weight excluding hydrogens is 487 g/mol. The van der Waals surface area contributed by atoms with Crippen LogP contribution in [-0.2, 0) is 25.3 Å². The van der Waals surface area contributed by atoms with Crippen LogP contribution in [0.4, 0.5) is 0 Å². The van der Waals surface area contributed by atoms with Crippen LogP contribution >= 0.6 is 36.2 Å². The van der Waals surface area contributed by atoms with Crippen LogP contribution in [0, 0.1) is 30.3 Å². The van der Waals surface area contributed by atoms with E-state index in [0.29, 0.717) is 5.03 Å². The van der Waals surface area contributed by atoms with Crippen molar-refractivity contribution >= 4 is 69.8 Å². The molecule has 0 saturated carbocycles. The predicted octanol–water partition coefficient (Wildman–Crippen LogP) is -5.07. The van der Waals surface area contributed by atoms with Crippen molar-refractivity contribution in [1.29, 1.82) is 0 Å². The maximum Gasteiger partial charge on any atom is 1.00 e. The average molecular weight is 499 g/mol. The molecule has 0 atom stereocenters. The van der Waals surface area contributed by atoms with E-state index in [2.05, 4.69) is 55.0 Å². The van der Waals surface area contributed by atoms with Crippen LogP contribution in [0.1, 0.15) is 0 Å². The molecule has 17 heteroatoms. The van der Waals surface area contributed by atoms with Gasteiger partial charge < -0.3 is 55.0 Å². The molecule has 10 nitrogen and oxygen atoms in total. The van der Waals surface area contributed by atoms with Gasteiger partial charge in [0.1, 0.15) is 5.03 Å². The molecule has 25 heavy (non-hydrogen) atoms. The topological polar surface area (TPSA) is 141 Å². The molecule has 0 unspecified atom stereocenters. The third-order valence-electron chi connectivity index (χ3n) is 1.21. The molecule has 0 radical (unpaired) electrons. The molecule has 0 amide bonds. The molecule has 0 bridgehead atoms. The second-order valence-corrected chi connectivity index (χ2v) is 6.29. The smallest absolute Gasteiger partial charge is 0.427 e. The standard InChI is InChI=1S/C4H8N2O2S.2C2H3NO2S2.2K/c1-5-4(9-2)3-6(7)8;2*4-3(5)1-2(6)7;;/h3,5H,1-2H3;2*1H2,(H,6,7);;/q;;;2*+1/p-2. The van der Waals surface area contributed by atoms with Crippen LogP contribution in [0.15, 0.2) is 11.2 Å². The van der Waals surface area contributed by atoms with Gasteiger partial charge in [-0.2, -0.15) is 0 Å². The summed E-state index contributed by atoms with van der Waals surface area (Å²) in [7, 11) is 1.64. The van der Waals surface area contributed by atoms with E-state index in [1.54, 1.807) is 13.3 Å². The number of nitro groups is 3. The van der Waals surface area contributed by atoms with E-state index in [0.717, 1.165) is 6.20 Å². The van der Waals surface area contributed by atoms with Gasteiger partial charge in [-0.25, -0.2) is 0 Å². The zero-order chi connectivity index (χ0) is 19.0. The van der Waals surface area contributed by atoms with Crippen LogP contribution in [0.3, 0.4) is 0 Å². The molecule has 0 aromatic heterocycles. The zero-order valence-electron chi connectivity index (χ0n) is 13.8. The van der Waals surface area contributed by atoms with E-state index in [4.69, 9.17) is 0 Å². The number of hydrogen-bond acceptors (Lipinski definition) is 12. The van der Waals surface area contributed by atoms with E-state index in [-0.39, 0.29) is 124 Å². The number of nitrogens with one attached hydrogen (secondary N) is 1. The Labute approximate surface area is 255 Å². The van der Waals surface area contributed by atoms with Crippen LogP contribution in [0.25, 0.3) is 0 Å². The van der Waals surface area contributed by atoms with Gasteiger partial charge in [-0.3, -0.25) is 30.3 Å². The number of rotatable bonds is 7. The second kappa shape index (κ2) is 26.0. The Bertz CT molecular complexity index is 426. The van der Waals surface area contributed by atoms with Gasteiger partial charge in [-0.1, -0.05) is 8.39 Å². The minimum atomic E-state index is -0.546. The molecule has 0 aliphatic rings. The fourth-order valence-corrected chi connectivity index (χ4v) is 1.34. The number of thiocarbonyl (C=S) groups is 2. The maximum atomic E-state index is 9.80.